The van der Waals surface area contributed by atoms with Gasteiger partial charge in [-0.05, 0) is 38.9 Å². The normalized spacial score (nSPS) is 23.1. The van der Waals surface area contributed by atoms with Gasteiger partial charge in [-0.3, -0.25) is 0 Å². The van der Waals surface area contributed by atoms with Gasteiger partial charge in [0.15, 0.2) is 0 Å². The molecule has 1 aromatic carbocycles. The lowest BCUT2D eigenvalue weighted by Gasteiger charge is -2.25. The summed E-state index contributed by atoms with van der Waals surface area (Å²) in [5.74, 6) is 0.406. The van der Waals surface area contributed by atoms with Crippen LogP contribution in [0.15, 0.2) is 24.3 Å². The molecule has 3 atom stereocenters. The molecule has 0 radical (unpaired) electrons. The fraction of sp³-hybridized carbons (Fsp3) is 0.600. The highest BCUT2D eigenvalue weighted by Crippen LogP contribution is 2.31. The van der Waals surface area contributed by atoms with Gasteiger partial charge in [-0.25, -0.2) is 0 Å². The molecule has 1 aliphatic rings. The van der Waals surface area contributed by atoms with Crippen molar-refractivity contribution in [3.05, 3.63) is 29.8 Å². The number of nitrogens with zero attached hydrogens (tertiary/aromatic N) is 1. The lowest BCUT2D eigenvalue weighted by atomic mass is 10.0. The van der Waals surface area contributed by atoms with Gasteiger partial charge in [-0.1, -0.05) is 18.2 Å². The van der Waals surface area contributed by atoms with E-state index < -0.39 is 0 Å². The molecule has 0 amide bonds. The lowest BCUT2D eigenvalue weighted by Crippen LogP contribution is -2.26. The SMILES string of the molecule is CNC(C)c1ccccc1N1CCC(C(C)O)C1. The summed E-state index contributed by atoms with van der Waals surface area (Å²) in [5.41, 5.74) is 2.65. The molecule has 1 fully saturated rings. The Kier molecular flexibility index (Phi) is 4.25. The van der Waals surface area contributed by atoms with Crippen LogP contribution in [0.3, 0.4) is 0 Å². The molecule has 18 heavy (non-hydrogen) atoms. The number of aliphatic hydroxyl groups is 1. The van der Waals surface area contributed by atoms with E-state index in [2.05, 4.69) is 41.4 Å². The fourth-order valence-corrected chi connectivity index (χ4v) is 2.70. The first-order valence-electron chi connectivity index (χ1n) is 6.82. The third-order valence-electron chi connectivity index (χ3n) is 4.08. The van der Waals surface area contributed by atoms with E-state index in [0.717, 1.165) is 19.5 Å². The Bertz CT molecular complexity index is 392. The molecule has 1 saturated heterocycles. The van der Waals surface area contributed by atoms with E-state index in [0.29, 0.717) is 12.0 Å². The van der Waals surface area contributed by atoms with E-state index in [4.69, 9.17) is 0 Å². The van der Waals surface area contributed by atoms with Crippen LogP contribution < -0.4 is 10.2 Å². The number of aliphatic hydroxyl groups excluding tert-OH is 1. The molecule has 3 unspecified atom stereocenters. The Morgan fingerprint density at radius 3 is 2.67 bits per heavy atom. The maximum atomic E-state index is 9.70. The van der Waals surface area contributed by atoms with Gasteiger partial charge >= 0.3 is 0 Å². The highest BCUT2D eigenvalue weighted by Gasteiger charge is 2.27. The minimum atomic E-state index is -0.205. The molecule has 1 aliphatic heterocycles. The van der Waals surface area contributed by atoms with Gasteiger partial charge in [-0.15, -0.1) is 0 Å². The first-order valence-corrected chi connectivity index (χ1v) is 6.82. The molecule has 2 N–H and O–H groups in total. The van der Waals surface area contributed by atoms with Crippen molar-refractivity contribution in [3.63, 3.8) is 0 Å². The van der Waals surface area contributed by atoms with E-state index in [-0.39, 0.29) is 6.10 Å². The minimum absolute atomic E-state index is 0.205. The Labute approximate surface area is 110 Å². The van der Waals surface area contributed by atoms with Crippen LogP contribution in [0.2, 0.25) is 0 Å². The topological polar surface area (TPSA) is 35.5 Å². The van der Waals surface area contributed by atoms with Gasteiger partial charge in [0.1, 0.15) is 0 Å². The third-order valence-corrected chi connectivity index (χ3v) is 4.08. The third kappa shape index (κ3) is 2.68. The highest BCUT2D eigenvalue weighted by molar-refractivity contribution is 5.55. The van der Waals surface area contributed by atoms with Crippen LogP contribution in [0, 0.1) is 5.92 Å². The van der Waals surface area contributed by atoms with E-state index in [1.54, 1.807) is 0 Å². The lowest BCUT2D eigenvalue weighted by molar-refractivity contribution is 0.136. The number of hydrogen-bond donors (Lipinski definition) is 2. The monoisotopic (exact) mass is 248 g/mol. The van der Waals surface area contributed by atoms with Crippen molar-refractivity contribution in [2.75, 3.05) is 25.0 Å². The predicted molar refractivity (Wildman–Crippen MR) is 75.9 cm³/mol. The second kappa shape index (κ2) is 5.72. The number of para-hydroxylation sites is 1. The van der Waals surface area contributed by atoms with Crippen LogP contribution >= 0.6 is 0 Å². The summed E-state index contributed by atoms with van der Waals surface area (Å²) in [6.45, 7) is 6.09. The number of nitrogens with one attached hydrogen (secondary N) is 1. The summed E-state index contributed by atoms with van der Waals surface area (Å²) in [4.78, 5) is 2.40. The first-order chi connectivity index (χ1) is 8.63. The van der Waals surface area contributed by atoms with Gasteiger partial charge < -0.3 is 15.3 Å². The van der Waals surface area contributed by atoms with Crippen LogP contribution in [-0.4, -0.2) is 31.3 Å². The molecule has 0 saturated carbocycles. The van der Waals surface area contributed by atoms with Gasteiger partial charge in [0.2, 0.25) is 0 Å². The summed E-state index contributed by atoms with van der Waals surface area (Å²) >= 11 is 0. The molecule has 0 spiro atoms. The summed E-state index contributed by atoms with van der Waals surface area (Å²) < 4.78 is 0. The van der Waals surface area contributed by atoms with Crippen molar-refractivity contribution in [3.8, 4) is 0 Å². The maximum absolute atomic E-state index is 9.70. The molecule has 0 bridgehead atoms. The zero-order valence-electron chi connectivity index (χ0n) is 11.6. The molecule has 3 heteroatoms. The first kappa shape index (κ1) is 13.4. The van der Waals surface area contributed by atoms with Crippen LogP contribution in [0.1, 0.15) is 31.9 Å². The molecule has 0 aliphatic carbocycles. The Hall–Kier alpha value is -1.06. The highest BCUT2D eigenvalue weighted by atomic mass is 16.3. The molecule has 1 heterocycles. The molecule has 1 aromatic rings. The van der Waals surface area contributed by atoms with Gasteiger partial charge in [0.25, 0.3) is 0 Å². The predicted octanol–water partition coefficient (Wildman–Crippen LogP) is 2.17. The standard InChI is InChI=1S/C15H24N2O/c1-11(16-3)14-6-4-5-7-15(14)17-9-8-13(10-17)12(2)18/h4-7,11-13,16,18H,8-10H2,1-3H3. The minimum Gasteiger partial charge on any atom is -0.393 e. The largest absolute Gasteiger partial charge is 0.393 e. The Balaban J connectivity index is 2.19. The van der Waals surface area contributed by atoms with Crippen molar-refractivity contribution in [2.24, 2.45) is 5.92 Å². The zero-order valence-corrected chi connectivity index (χ0v) is 11.6. The van der Waals surface area contributed by atoms with E-state index in [1.807, 2.05) is 14.0 Å². The van der Waals surface area contributed by atoms with Crippen molar-refractivity contribution in [1.82, 2.24) is 5.32 Å². The van der Waals surface area contributed by atoms with Crippen molar-refractivity contribution in [1.29, 1.82) is 0 Å². The summed E-state index contributed by atoms with van der Waals surface area (Å²) in [5, 5.41) is 13.0. The van der Waals surface area contributed by atoms with Crippen molar-refractivity contribution < 1.29 is 5.11 Å². The number of hydrogen-bond acceptors (Lipinski definition) is 3. The molecule has 3 nitrogen and oxygen atoms in total. The second-order valence-corrected chi connectivity index (χ2v) is 5.30. The number of benzene rings is 1. The second-order valence-electron chi connectivity index (χ2n) is 5.30. The Morgan fingerprint density at radius 1 is 1.33 bits per heavy atom. The quantitative estimate of drug-likeness (QED) is 0.857. The summed E-state index contributed by atoms with van der Waals surface area (Å²) in [7, 11) is 1.99. The van der Waals surface area contributed by atoms with Crippen molar-refractivity contribution in [2.45, 2.75) is 32.4 Å². The number of rotatable bonds is 4. The summed E-state index contributed by atoms with van der Waals surface area (Å²) in [6, 6.07) is 8.91. The number of anilines is 1. The summed E-state index contributed by atoms with van der Waals surface area (Å²) in [6.07, 6.45) is 0.879. The van der Waals surface area contributed by atoms with E-state index in [9.17, 15) is 5.11 Å². The van der Waals surface area contributed by atoms with Crippen LogP contribution in [-0.2, 0) is 0 Å². The average molecular weight is 248 g/mol. The van der Waals surface area contributed by atoms with Crippen LogP contribution in [0.25, 0.3) is 0 Å². The van der Waals surface area contributed by atoms with Gasteiger partial charge in [0.05, 0.1) is 6.10 Å². The van der Waals surface area contributed by atoms with Crippen LogP contribution in [0.4, 0.5) is 5.69 Å². The average Bonchev–Trinajstić information content (AvgIpc) is 2.87. The molecular formula is C15H24N2O. The molecule has 2 rings (SSSR count). The molecule has 100 valence electrons. The van der Waals surface area contributed by atoms with Crippen molar-refractivity contribution >= 4 is 5.69 Å². The van der Waals surface area contributed by atoms with Gasteiger partial charge in [0, 0.05) is 30.7 Å². The molecular weight excluding hydrogens is 224 g/mol. The molecule has 0 aromatic heterocycles. The fourth-order valence-electron chi connectivity index (χ4n) is 2.70. The smallest absolute Gasteiger partial charge is 0.0557 e. The van der Waals surface area contributed by atoms with Gasteiger partial charge in [-0.2, -0.15) is 0 Å². The maximum Gasteiger partial charge on any atom is 0.0557 e. The zero-order chi connectivity index (χ0) is 13.1. The Morgan fingerprint density at radius 2 is 2.06 bits per heavy atom. The van der Waals surface area contributed by atoms with E-state index in [1.165, 1.54) is 11.3 Å². The van der Waals surface area contributed by atoms with E-state index >= 15 is 0 Å². The van der Waals surface area contributed by atoms with Crippen LogP contribution in [0.5, 0.6) is 0 Å².